The van der Waals surface area contributed by atoms with Gasteiger partial charge in [0.1, 0.15) is 17.8 Å². The first kappa shape index (κ1) is 31.3. The van der Waals surface area contributed by atoms with Gasteiger partial charge >= 0.3 is 17.9 Å². The molecule has 1 aliphatic heterocycles. The number of esters is 3. The first-order valence-electron chi connectivity index (χ1n) is 14.3. The number of aliphatic hydroxyl groups is 4. The van der Waals surface area contributed by atoms with Gasteiger partial charge in [-0.25, -0.2) is 4.79 Å². The largest absolute Gasteiger partial charge is 0.455 e. The SMILES string of the molecule is CC(=O)O[C@H]1C(=O)[C@@]2(CO)[C@H]([C@H](OC(=O)c3ccccc3)C3(O)C[C@H](O)C(C)=C1C3(C)C)[C@]1(OC(C)=O)CO[C@@H]1C[C@@H]2O. The van der Waals surface area contributed by atoms with Crippen LogP contribution in [0.25, 0.3) is 0 Å². The van der Waals surface area contributed by atoms with Gasteiger partial charge in [0, 0.05) is 32.1 Å². The van der Waals surface area contributed by atoms with E-state index in [1.165, 1.54) is 19.1 Å². The van der Waals surface area contributed by atoms with Crippen LogP contribution in [-0.2, 0) is 33.3 Å². The zero-order valence-corrected chi connectivity index (χ0v) is 24.7. The molecule has 0 radical (unpaired) electrons. The van der Waals surface area contributed by atoms with E-state index in [9.17, 15) is 39.6 Å². The van der Waals surface area contributed by atoms with E-state index in [-0.39, 0.29) is 29.7 Å². The maximum atomic E-state index is 14.9. The third-order valence-corrected chi connectivity index (χ3v) is 10.2. The lowest BCUT2D eigenvalue weighted by Gasteiger charge is -2.67. The summed E-state index contributed by atoms with van der Waals surface area (Å²) < 4.78 is 23.3. The zero-order valence-electron chi connectivity index (χ0n) is 24.7. The number of aliphatic hydroxyl groups excluding tert-OH is 3. The lowest BCUT2D eigenvalue weighted by Crippen LogP contribution is -2.83. The van der Waals surface area contributed by atoms with Crippen LogP contribution >= 0.6 is 0 Å². The summed E-state index contributed by atoms with van der Waals surface area (Å²) in [5.41, 5.74) is -7.37. The van der Waals surface area contributed by atoms with Crippen molar-refractivity contribution in [1.29, 1.82) is 0 Å². The van der Waals surface area contributed by atoms with Crippen molar-refractivity contribution >= 4 is 23.7 Å². The van der Waals surface area contributed by atoms with Gasteiger partial charge in [-0.2, -0.15) is 0 Å². The lowest BCUT2D eigenvalue weighted by molar-refractivity contribution is -0.350. The van der Waals surface area contributed by atoms with Gasteiger partial charge in [0.2, 0.25) is 0 Å². The fraction of sp³-hybridized carbons (Fsp3) is 0.613. The van der Waals surface area contributed by atoms with Crippen molar-refractivity contribution in [2.75, 3.05) is 13.2 Å². The van der Waals surface area contributed by atoms with Crippen LogP contribution in [0.5, 0.6) is 0 Å². The molecule has 12 heteroatoms. The summed E-state index contributed by atoms with van der Waals surface area (Å²) in [6, 6.07) is 7.87. The van der Waals surface area contributed by atoms with Crippen LogP contribution in [0.15, 0.2) is 41.5 Å². The molecule has 1 aromatic carbocycles. The lowest BCUT2D eigenvalue weighted by atomic mass is 9.44. The summed E-state index contributed by atoms with van der Waals surface area (Å²) in [5, 5.41) is 47.0. The maximum absolute atomic E-state index is 14.9. The van der Waals surface area contributed by atoms with Crippen LogP contribution in [0.3, 0.4) is 0 Å². The van der Waals surface area contributed by atoms with Crippen LogP contribution in [0.4, 0.5) is 0 Å². The molecular weight excluding hydrogens is 564 g/mol. The standard InChI is InChI=1S/C31H38O12/c1-15-19(35)12-31(39)26(42-27(38)18-9-7-6-8-10-18)24-29(13-32,20(36)11-21-30(24,14-40-21)43-17(3)34)25(37)23(41-16(2)33)22(15)28(31,4)5/h6-10,19-21,23-24,26,32,35-36,39H,11-14H2,1-5H3/t19-,20-,21+,23+,24-,26-,29+,30-,31?/m0/s1. The molecule has 12 nitrogen and oxygen atoms in total. The Labute approximate surface area is 248 Å². The van der Waals surface area contributed by atoms with Gasteiger partial charge in [-0.05, 0) is 30.2 Å². The van der Waals surface area contributed by atoms with Gasteiger partial charge in [0.05, 0.1) is 42.3 Å². The number of ketones is 1. The molecule has 1 aromatic rings. The van der Waals surface area contributed by atoms with E-state index in [1.807, 2.05) is 0 Å². The van der Waals surface area contributed by atoms with Crippen molar-refractivity contribution in [3.05, 3.63) is 47.0 Å². The number of benzene rings is 1. The highest BCUT2D eigenvalue weighted by molar-refractivity contribution is 5.96. The highest BCUT2D eigenvalue weighted by Crippen LogP contribution is 2.64. The predicted octanol–water partition coefficient (Wildman–Crippen LogP) is 0.625. The number of Topliss-reactive ketones (excluding diaryl/α,β-unsaturated/α-hetero) is 1. The van der Waals surface area contributed by atoms with Crippen molar-refractivity contribution < 1.29 is 58.6 Å². The van der Waals surface area contributed by atoms with E-state index in [0.717, 1.165) is 13.8 Å². The molecule has 234 valence electrons. The van der Waals surface area contributed by atoms with Crippen molar-refractivity contribution in [1.82, 2.24) is 0 Å². The first-order valence-corrected chi connectivity index (χ1v) is 14.3. The van der Waals surface area contributed by atoms with Gasteiger partial charge < -0.3 is 39.4 Å². The molecule has 0 spiro atoms. The fourth-order valence-electron chi connectivity index (χ4n) is 8.00. The van der Waals surface area contributed by atoms with E-state index in [4.69, 9.17) is 18.9 Å². The molecule has 2 saturated carbocycles. The summed E-state index contributed by atoms with van der Waals surface area (Å²) in [7, 11) is 0. The van der Waals surface area contributed by atoms with E-state index in [1.54, 1.807) is 32.0 Å². The van der Waals surface area contributed by atoms with E-state index < -0.39 is 95.2 Å². The number of ether oxygens (including phenoxy) is 4. The second kappa shape index (κ2) is 10.5. The number of hydrogen-bond donors (Lipinski definition) is 4. The number of hydrogen-bond acceptors (Lipinski definition) is 12. The average Bonchev–Trinajstić information content (AvgIpc) is 2.93. The molecule has 43 heavy (non-hydrogen) atoms. The number of rotatable bonds is 5. The normalized spacial score (nSPS) is 39.7. The molecule has 0 aromatic heterocycles. The second-order valence-electron chi connectivity index (χ2n) is 12.7. The summed E-state index contributed by atoms with van der Waals surface area (Å²) in [6.07, 6.45) is -8.21. The Morgan fingerprint density at radius 2 is 1.70 bits per heavy atom. The van der Waals surface area contributed by atoms with Crippen molar-refractivity contribution in [3.8, 4) is 0 Å². The highest BCUT2D eigenvalue weighted by Gasteiger charge is 2.79. The van der Waals surface area contributed by atoms with Crippen LogP contribution in [-0.4, -0.2) is 99.1 Å². The van der Waals surface area contributed by atoms with E-state index in [0.29, 0.717) is 0 Å². The number of carbonyl (C=O) groups is 4. The molecule has 9 atom stereocenters. The molecule has 1 saturated heterocycles. The minimum Gasteiger partial charge on any atom is -0.455 e. The van der Waals surface area contributed by atoms with Crippen molar-refractivity contribution in [3.63, 3.8) is 0 Å². The third-order valence-electron chi connectivity index (χ3n) is 10.2. The van der Waals surface area contributed by atoms with Crippen LogP contribution in [0, 0.1) is 16.7 Å². The van der Waals surface area contributed by atoms with Gasteiger partial charge in [0.25, 0.3) is 0 Å². The molecule has 4 N–H and O–H groups in total. The van der Waals surface area contributed by atoms with Crippen LogP contribution in [0.1, 0.15) is 57.8 Å². The zero-order chi connectivity index (χ0) is 31.7. The fourth-order valence-corrected chi connectivity index (χ4v) is 8.00. The van der Waals surface area contributed by atoms with Gasteiger partial charge in [-0.1, -0.05) is 32.0 Å². The van der Waals surface area contributed by atoms with Gasteiger partial charge in [-0.3, -0.25) is 14.4 Å². The summed E-state index contributed by atoms with van der Waals surface area (Å²) in [6.45, 7) is 5.56. The van der Waals surface area contributed by atoms with Crippen molar-refractivity contribution in [2.45, 2.75) is 89.2 Å². The Morgan fingerprint density at radius 1 is 1.05 bits per heavy atom. The van der Waals surface area contributed by atoms with E-state index in [2.05, 4.69) is 0 Å². The molecule has 2 bridgehead atoms. The maximum Gasteiger partial charge on any atom is 0.338 e. The molecule has 3 fully saturated rings. The average molecular weight is 603 g/mol. The Balaban J connectivity index is 1.87. The number of carbonyl (C=O) groups excluding carboxylic acids is 4. The highest BCUT2D eigenvalue weighted by atomic mass is 16.6. The topological polar surface area (TPSA) is 186 Å². The summed E-state index contributed by atoms with van der Waals surface area (Å²) in [5.74, 6) is -5.09. The van der Waals surface area contributed by atoms with Crippen LogP contribution < -0.4 is 0 Å². The third kappa shape index (κ3) is 4.29. The minimum absolute atomic E-state index is 0.0571. The van der Waals surface area contributed by atoms with Gasteiger partial charge in [-0.15, -0.1) is 0 Å². The number of fused-ring (bicyclic) bond motifs is 5. The monoisotopic (exact) mass is 602 g/mol. The quantitative estimate of drug-likeness (QED) is 0.210. The first-order chi connectivity index (χ1) is 20.1. The molecule has 4 aliphatic rings. The Hall–Kier alpha value is -3.16. The molecular formula is C31H38O12. The molecule has 1 heterocycles. The smallest absolute Gasteiger partial charge is 0.338 e. The Kier molecular flexibility index (Phi) is 7.62. The molecule has 3 aliphatic carbocycles. The molecule has 5 rings (SSSR count). The molecule has 1 unspecified atom stereocenters. The van der Waals surface area contributed by atoms with Gasteiger partial charge in [0.15, 0.2) is 17.5 Å². The minimum atomic E-state index is -2.28. The molecule has 0 amide bonds. The Morgan fingerprint density at radius 3 is 2.23 bits per heavy atom. The summed E-state index contributed by atoms with van der Waals surface area (Å²) >= 11 is 0. The predicted molar refractivity (Wildman–Crippen MR) is 146 cm³/mol. The van der Waals surface area contributed by atoms with Crippen LogP contribution in [0.2, 0.25) is 0 Å². The van der Waals surface area contributed by atoms with Crippen molar-refractivity contribution in [2.24, 2.45) is 16.7 Å². The Bertz CT molecular complexity index is 1370. The van der Waals surface area contributed by atoms with E-state index >= 15 is 0 Å². The summed E-state index contributed by atoms with van der Waals surface area (Å²) in [4.78, 5) is 53.6. The second-order valence-corrected chi connectivity index (χ2v) is 12.7.